The summed E-state index contributed by atoms with van der Waals surface area (Å²) in [5.74, 6) is -0.691. The van der Waals surface area contributed by atoms with Crippen molar-refractivity contribution in [3.63, 3.8) is 0 Å². The van der Waals surface area contributed by atoms with Gasteiger partial charge in [-0.3, -0.25) is 4.79 Å². The summed E-state index contributed by atoms with van der Waals surface area (Å²) in [6.07, 6.45) is 3.30. The van der Waals surface area contributed by atoms with Crippen LogP contribution < -0.4 is 5.32 Å². The van der Waals surface area contributed by atoms with Crippen molar-refractivity contribution in [3.8, 4) is 0 Å². The number of carboxylic acid groups (broad SMARTS) is 1. The molecule has 2 N–H and O–H groups in total. The summed E-state index contributed by atoms with van der Waals surface area (Å²) in [7, 11) is 0. The van der Waals surface area contributed by atoms with E-state index in [4.69, 9.17) is 5.11 Å². The largest absolute Gasteiger partial charge is 0.480 e. The minimum atomic E-state index is -0.691. The molecule has 64 valence electrons. The number of halogens is 1. The molecule has 0 radical (unpaired) electrons. The molecular weight excluding hydrogens is 166 g/mol. The number of hydrogen-bond donors (Lipinski definition) is 2. The lowest BCUT2D eigenvalue weighted by atomic mass is 10.0. The van der Waals surface area contributed by atoms with E-state index in [0.717, 1.165) is 13.0 Å². The van der Waals surface area contributed by atoms with Crippen molar-refractivity contribution in [2.24, 2.45) is 5.41 Å². The molecule has 0 aromatic carbocycles. The molecule has 2 rings (SSSR count). The topological polar surface area (TPSA) is 49.3 Å². The Bertz CT molecular complexity index is 179. The van der Waals surface area contributed by atoms with E-state index in [1.807, 2.05) is 0 Å². The van der Waals surface area contributed by atoms with E-state index >= 15 is 0 Å². The Morgan fingerprint density at radius 2 is 2.18 bits per heavy atom. The summed E-state index contributed by atoms with van der Waals surface area (Å²) < 4.78 is 0. The first-order valence-corrected chi connectivity index (χ1v) is 3.68. The van der Waals surface area contributed by atoms with Crippen molar-refractivity contribution >= 4 is 18.4 Å². The summed E-state index contributed by atoms with van der Waals surface area (Å²) in [5, 5.41) is 11.6. The van der Waals surface area contributed by atoms with Gasteiger partial charge >= 0.3 is 5.97 Å². The highest BCUT2D eigenvalue weighted by atomic mass is 35.5. The van der Waals surface area contributed by atoms with Crippen molar-refractivity contribution in [2.75, 3.05) is 6.54 Å². The van der Waals surface area contributed by atoms with E-state index in [-0.39, 0.29) is 18.4 Å². The maximum Gasteiger partial charge on any atom is 0.320 e. The number of hydrogen-bond acceptors (Lipinski definition) is 2. The van der Waals surface area contributed by atoms with E-state index in [2.05, 4.69) is 5.32 Å². The lowest BCUT2D eigenvalue weighted by Gasteiger charge is -2.01. The minimum Gasteiger partial charge on any atom is -0.480 e. The molecular formula is C7H12ClNO2. The van der Waals surface area contributed by atoms with Gasteiger partial charge in [-0.25, -0.2) is 0 Å². The first kappa shape index (κ1) is 8.81. The summed E-state index contributed by atoms with van der Waals surface area (Å²) in [6, 6.07) is -0.262. The third-order valence-electron chi connectivity index (χ3n) is 2.62. The summed E-state index contributed by atoms with van der Waals surface area (Å²) in [6.45, 7) is 0.921. The summed E-state index contributed by atoms with van der Waals surface area (Å²) in [5.41, 5.74) is 0.406. The Balaban J connectivity index is 0.000000605. The molecule has 1 aliphatic heterocycles. The second-order valence-electron chi connectivity index (χ2n) is 3.48. The van der Waals surface area contributed by atoms with Crippen LogP contribution >= 0.6 is 12.4 Å². The molecule has 11 heavy (non-hydrogen) atoms. The van der Waals surface area contributed by atoms with E-state index in [9.17, 15) is 4.79 Å². The fraction of sp³-hybridized carbons (Fsp3) is 0.857. The van der Waals surface area contributed by atoms with E-state index in [1.54, 1.807) is 0 Å². The van der Waals surface area contributed by atoms with E-state index in [0.29, 0.717) is 5.41 Å². The Morgan fingerprint density at radius 3 is 2.45 bits per heavy atom. The van der Waals surface area contributed by atoms with Gasteiger partial charge in [0.1, 0.15) is 6.04 Å². The Labute approximate surface area is 71.6 Å². The number of carbonyl (C=O) groups is 1. The van der Waals surface area contributed by atoms with Crippen molar-refractivity contribution in [3.05, 3.63) is 0 Å². The van der Waals surface area contributed by atoms with Crippen molar-refractivity contribution in [1.82, 2.24) is 5.32 Å². The van der Waals surface area contributed by atoms with Gasteiger partial charge in [0.25, 0.3) is 0 Å². The molecule has 1 saturated heterocycles. The van der Waals surface area contributed by atoms with Crippen LogP contribution in [0.3, 0.4) is 0 Å². The average Bonchev–Trinajstić information content (AvgIpc) is 2.41. The molecule has 4 heteroatoms. The maximum absolute atomic E-state index is 10.5. The molecule has 2 fully saturated rings. The predicted molar refractivity (Wildman–Crippen MR) is 43.0 cm³/mol. The van der Waals surface area contributed by atoms with E-state index in [1.165, 1.54) is 12.8 Å². The van der Waals surface area contributed by atoms with Crippen molar-refractivity contribution < 1.29 is 9.90 Å². The molecule has 0 aromatic heterocycles. The normalized spacial score (nSPS) is 31.5. The quantitative estimate of drug-likeness (QED) is 0.618. The zero-order valence-corrected chi connectivity index (χ0v) is 6.99. The fourth-order valence-electron chi connectivity index (χ4n) is 1.65. The second kappa shape index (κ2) is 2.64. The number of nitrogens with one attached hydrogen (secondary N) is 1. The number of carboxylic acids is 1. The molecule has 1 saturated carbocycles. The van der Waals surface area contributed by atoms with Crippen LogP contribution in [0.25, 0.3) is 0 Å². The highest BCUT2D eigenvalue weighted by Gasteiger charge is 2.49. The highest BCUT2D eigenvalue weighted by Crippen LogP contribution is 2.51. The molecule has 3 nitrogen and oxygen atoms in total. The van der Waals surface area contributed by atoms with Gasteiger partial charge in [0, 0.05) is 6.54 Å². The van der Waals surface area contributed by atoms with Crippen LogP contribution in [-0.2, 0) is 4.79 Å². The predicted octanol–water partition coefficient (Wildman–Crippen LogP) is 0.635. The van der Waals surface area contributed by atoms with Crippen molar-refractivity contribution in [2.45, 2.75) is 25.3 Å². The molecule has 1 aliphatic carbocycles. The molecule has 0 bridgehead atoms. The van der Waals surface area contributed by atoms with Gasteiger partial charge in [-0.15, -0.1) is 12.4 Å². The lowest BCUT2D eigenvalue weighted by Crippen LogP contribution is -2.29. The molecule has 1 heterocycles. The smallest absolute Gasteiger partial charge is 0.320 e. The standard InChI is InChI=1S/C7H11NO2.ClH/c9-6(10)5-3-7(1-2-7)4-8-5;/h5,8H,1-4H2,(H,9,10);1H/t5-;/m0./s1. The summed E-state index contributed by atoms with van der Waals surface area (Å²) >= 11 is 0. The lowest BCUT2D eigenvalue weighted by molar-refractivity contribution is -0.139. The van der Waals surface area contributed by atoms with Gasteiger partial charge < -0.3 is 10.4 Å². The molecule has 0 amide bonds. The van der Waals surface area contributed by atoms with Gasteiger partial charge in [-0.2, -0.15) is 0 Å². The monoisotopic (exact) mass is 177 g/mol. The molecule has 0 aromatic rings. The third-order valence-corrected chi connectivity index (χ3v) is 2.62. The van der Waals surface area contributed by atoms with Crippen LogP contribution in [0.15, 0.2) is 0 Å². The maximum atomic E-state index is 10.5. The second-order valence-corrected chi connectivity index (χ2v) is 3.48. The van der Waals surface area contributed by atoms with E-state index < -0.39 is 5.97 Å². The van der Waals surface area contributed by atoms with Crippen LogP contribution in [0.1, 0.15) is 19.3 Å². The zero-order chi connectivity index (χ0) is 7.19. The Morgan fingerprint density at radius 1 is 1.55 bits per heavy atom. The van der Waals surface area contributed by atoms with Crippen LogP contribution in [0.2, 0.25) is 0 Å². The van der Waals surface area contributed by atoms with Gasteiger partial charge in [0.05, 0.1) is 0 Å². The van der Waals surface area contributed by atoms with Crippen LogP contribution in [0.4, 0.5) is 0 Å². The number of rotatable bonds is 1. The van der Waals surface area contributed by atoms with Crippen LogP contribution in [-0.4, -0.2) is 23.7 Å². The first-order valence-electron chi connectivity index (χ1n) is 3.68. The third kappa shape index (κ3) is 1.49. The first-order chi connectivity index (χ1) is 4.72. The van der Waals surface area contributed by atoms with Gasteiger partial charge in [0.15, 0.2) is 0 Å². The molecule has 2 aliphatic rings. The Kier molecular flexibility index (Phi) is 2.12. The molecule has 0 unspecified atom stereocenters. The van der Waals surface area contributed by atoms with Gasteiger partial charge in [-0.1, -0.05) is 0 Å². The van der Waals surface area contributed by atoms with Gasteiger partial charge in [0.2, 0.25) is 0 Å². The fourth-order valence-corrected chi connectivity index (χ4v) is 1.65. The van der Waals surface area contributed by atoms with Crippen molar-refractivity contribution in [1.29, 1.82) is 0 Å². The molecule has 1 atom stereocenters. The SMILES string of the molecule is Cl.O=C(O)[C@@H]1CC2(CC2)CN1. The Hall–Kier alpha value is -0.280. The van der Waals surface area contributed by atoms with Crippen LogP contribution in [0.5, 0.6) is 0 Å². The summed E-state index contributed by atoms with van der Waals surface area (Å²) in [4.78, 5) is 10.5. The minimum absolute atomic E-state index is 0. The average molecular weight is 178 g/mol. The molecule has 1 spiro atoms. The van der Waals surface area contributed by atoms with Crippen LogP contribution in [0, 0.1) is 5.41 Å². The van der Waals surface area contributed by atoms with Gasteiger partial charge in [-0.05, 0) is 24.7 Å². The zero-order valence-electron chi connectivity index (χ0n) is 6.17. The number of aliphatic carboxylic acids is 1. The highest BCUT2D eigenvalue weighted by molar-refractivity contribution is 5.85.